The SMILES string of the molecule is COc1ccccc1Oc1nccc(C(=N)N)c1Cl. The molecule has 1 aromatic heterocycles. The molecule has 3 N–H and O–H groups in total. The van der Waals surface area contributed by atoms with Gasteiger partial charge in [0.25, 0.3) is 0 Å². The second-order valence-corrected chi connectivity index (χ2v) is 4.02. The molecule has 6 heteroatoms. The third-order valence-corrected chi connectivity index (χ3v) is 2.79. The van der Waals surface area contributed by atoms with Crippen LogP contribution < -0.4 is 15.2 Å². The van der Waals surface area contributed by atoms with E-state index in [1.807, 2.05) is 6.07 Å². The number of benzene rings is 1. The quantitative estimate of drug-likeness (QED) is 0.665. The number of hydrogen-bond acceptors (Lipinski definition) is 4. The molecule has 1 aromatic carbocycles. The van der Waals surface area contributed by atoms with Gasteiger partial charge in [0.15, 0.2) is 11.5 Å². The maximum atomic E-state index is 7.42. The summed E-state index contributed by atoms with van der Waals surface area (Å²) in [6.45, 7) is 0. The first-order valence-corrected chi connectivity index (χ1v) is 5.81. The molecule has 2 rings (SSSR count). The van der Waals surface area contributed by atoms with Gasteiger partial charge in [-0.3, -0.25) is 5.41 Å². The molecule has 0 amide bonds. The number of para-hydroxylation sites is 2. The summed E-state index contributed by atoms with van der Waals surface area (Å²) >= 11 is 6.10. The zero-order valence-corrected chi connectivity index (χ0v) is 10.9. The fraction of sp³-hybridized carbons (Fsp3) is 0.0769. The van der Waals surface area contributed by atoms with Gasteiger partial charge in [-0.1, -0.05) is 23.7 Å². The molecule has 2 aromatic rings. The number of rotatable bonds is 4. The van der Waals surface area contributed by atoms with Crippen molar-refractivity contribution >= 4 is 17.4 Å². The van der Waals surface area contributed by atoms with E-state index in [4.69, 9.17) is 32.2 Å². The Morgan fingerprint density at radius 2 is 1.95 bits per heavy atom. The Kier molecular flexibility index (Phi) is 3.87. The number of aromatic nitrogens is 1. The molecular weight excluding hydrogens is 266 g/mol. The first kappa shape index (κ1) is 13.2. The van der Waals surface area contributed by atoms with Crippen molar-refractivity contribution in [1.29, 1.82) is 5.41 Å². The van der Waals surface area contributed by atoms with Crippen LogP contribution in [0.2, 0.25) is 5.02 Å². The number of nitrogens with two attached hydrogens (primary N) is 1. The number of nitrogens with one attached hydrogen (secondary N) is 1. The summed E-state index contributed by atoms with van der Waals surface area (Å²) in [4.78, 5) is 4.03. The molecule has 0 saturated carbocycles. The van der Waals surface area contributed by atoms with E-state index in [9.17, 15) is 0 Å². The molecule has 0 aliphatic rings. The highest BCUT2D eigenvalue weighted by Gasteiger charge is 2.13. The van der Waals surface area contributed by atoms with E-state index in [1.54, 1.807) is 31.4 Å². The highest BCUT2D eigenvalue weighted by molar-refractivity contribution is 6.35. The number of halogens is 1. The predicted molar refractivity (Wildman–Crippen MR) is 73.3 cm³/mol. The number of hydrogen-bond donors (Lipinski definition) is 2. The van der Waals surface area contributed by atoms with Gasteiger partial charge in [0.1, 0.15) is 10.9 Å². The number of nitrogen functional groups attached to an aromatic ring is 1. The van der Waals surface area contributed by atoms with Gasteiger partial charge < -0.3 is 15.2 Å². The molecular formula is C13H12ClN3O2. The Labute approximate surface area is 115 Å². The molecule has 19 heavy (non-hydrogen) atoms. The standard InChI is InChI=1S/C13H12ClN3O2/c1-18-9-4-2-3-5-10(9)19-13-11(14)8(12(15)16)6-7-17-13/h2-7H,1H3,(H3,15,16). The van der Waals surface area contributed by atoms with Crippen LogP contribution in [0.4, 0.5) is 0 Å². The summed E-state index contributed by atoms with van der Waals surface area (Å²) in [5, 5.41) is 7.61. The topological polar surface area (TPSA) is 81.2 Å². The van der Waals surface area contributed by atoms with Crippen molar-refractivity contribution in [2.45, 2.75) is 0 Å². The minimum Gasteiger partial charge on any atom is -0.493 e. The number of methoxy groups -OCH3 is 1. The van der Waals surface area contributed by atoms with E-state index in [1.165, 1.54) is 6.20 Å². The Hall–Kier alpha value is -2.27. The van der Waals surface area contributed by atoms with Crippen molar-refractivity contribution in [3.63, 3.8) is 0 Å². The average Bonchev–Trinajstić information content (AvgIpc) is 2.41. The molecule has 0 aliphatic heterocycles. The van der Waals surface area contributed by atoms with Crippen LogP contribution in [0.5, 0.6) is 17.4 Å². The van der Waals surface area contributed by atoms with Crippen LogP contribution in [0.25, 0.3) is 0 Å². The van der Waals surface area contributed by atoms with Crippen LogP contribution in [-0.2, 0) is 0 Å². The maximum Gasteiger partial charge on any atom is 0.239 e. The monoisotopic (exact) mass is 277 g/mol. The minimum absolute atomic E-state index is 0.141. The van der Waals surface area contributed by atoms with Crippen molar-refractivity contribution < 1.29 is 9.47 Å². The fourth-order valence-electron chi connectivity index (χ4n) is 1.51. The third kappa shape index (κ3) is 2.77. The lowest BCUT2D eigenvalue weighted by Crippen LogP contribution is -2.12. The van der Waals surface area contributed by atoms with Crippen molar-refractivity contribution in [2.75, 3.05) is 7.11 Å². The van der Waals surface area contributed by atoms with Crippen molar-refractivity contribution in [3.8, 4) is 17.4 Å². The molecule has 0 aliphatic carbocycles. The molecule has 0 fully saturated rings. The van der Waals surface area contributed by atoms with Crippen LogP contribution in [0, 0.1) is 5.41 Å². The van der Waals surface area contributed by atoms with E-state index in [0.717, 1.165) is 0 Å². The van der Waals surface area contributed by atoms with E-state index >= 15 is 0 Å². The van der Waals surface area contributed by atoms with Gasteiger partial charge in [-0.05, 0) is 18.2 Å². The van der Waals surface area contributed by atoms with Crippen molar-refractivity contribution in [2.24, 2.45) is 5.73 Å². The summed E-state index contributed by atoms with van der Waals surface area (Å²) in [6.07, 6.45) is 1.48. The van der Waals surface area contributed by atoms with Gasteiger partial charge >= 0.3 is 0 Å². The highest BCUT2D eigenvalue weighted by atomic mass is 35.5. The lowest BCUT2D eigenvalue weighted by molar-refractivity contribution is 0.374. The van der Waals surface area contributed by atoms with E-state index in [0.29, 0.717) is 17.1 Å². The van der Waals surface area contributed by atoms with Gasteiger partial charge in [-0.25, -0.2) is 4.98 Å². The number of amidine groups is 1. The third-order valence-electron chi connectivity index (χ3n) is 2.42. The Bertz CT molecular complexity index is 617. The Balaban J connectivity index is 2.39. The van der Waals surface area contributed by atoms with Crippen molar-refractivity contribution in [3.05, 3.63) is 47.1 Å². The smallest absolute Gasteiger partial charge is 0.239 e. The molecule has 0 bridgehead atoms. The summed E-state index contributed by atoms with van der Waals surface area (Å²) in [5.41, 5.74) is 5.80. The lowest BCUT2D eigenvalue weighted by Gasteiger charge is -2.11. The Morgan fingerprint density at radius 1 is 1.26 bits per heavy atom. The lowest BCUT2D eigenvalue weighted by atomic mass is 10.2. The van der Waals surface area contributed by atoms with Crippen LogP contribution in [-0.4, -0.2) is 17.9 Å². The summed E-state index contributed by atoms with van der Waals surface area (Å²) in [7, 11) is 1.54. The summed E-state index contributed by atoms with van der Waals surface area (Å²) < 4.78 is 10.8. The fourth-order valence-corrected chi connectivity index (χ4v) is 1.76. The molecule has 0 saturated heterocycles. The Morgan fingerprint density at radius 3 is 2.58 bits per heavy atom. The minimum atomic E-state index is -0.141. The van der Waals surface area contributed by atoms with Gasteiger partial charge in [-0.15, -0.1) is 0 Å². The van der Waals surface area contributed by atoms with Gasteiger partial charge in [0.2, 0.25) is 5.88 Å². The second-order valence-electron chi connectivity index (χ2n) is 3.64. The molecule has 0 radical (unpaired) electrons. The number of nitrogens with zero attached hydrogens (tertiary/aromatic N) is 1. The zero-order valence-electron chi connectivity index (χ0n) is 10.2. The van der Waals surface area contributed by atoms with Crippen LogP contribution >= 0.6 is 11.6 Å². The second kappa shape index (κ2) is 5.58. The first-order chi connectivity index (χ1) is 9.13. The largest absolute Gasteiger partial charge is 0.493 e. The molecule has 1 heterocycles. The van der Waals surface area contributed by atoms with Gasteiger partial charge in [-0.2, -0.15) is 0 Å². The van der Waals surface area contributed by atoms with Crippen LogP contribution in [0.15, 0.2) is 36.5 Å². The van der Waals surface area contributed by atoms with Crippen LogP contribution in [0.3, 0.4) is 0 Å². The first-order valence-electron chi connectivity index (χ1n) is 5.43. The van der Waals surface area contributed by atoms with Gasteiger partial charge in [0.05, 0.1) is 7.11 Å². The normalized spacial score (nSPS) is 10.0. The summed E-state index contributed by atoms with van der Waals surface area (Å²) in [6, 6.07) is 8.68. The van der Waals surface area contributed by atoms with E-state index in [-0.39, 0.29) is 16.7 Å². The molecule has 0 unspecified atom stereocenters. The van der Waals surface area contributed by atoms with Crippen LogP contribution in [0.1, 0.15) is 5.56 Å². The van der Waals surface area contributed by atoms with Gasteiger partial charge in [0, 0.05) is 11.8 Å². The number of pyridine rings is 1. The molecule has 5 nitrogen and oxygen atoms in total. The zero-order chi connectivity index (χ0) is 13.8. The molecule has 98 valence electrons. The maximum absolute atomic E-state index is 7.42. The predicted octanol–water partition coefficient (Wildman–Crippen LogP) is 2.82. The number of ether oxygens (including phenoxy) is 2. The van der Waals surface area contributed by atoms with Crippen molar-refractivity contribution in [1.82, 2.24) is 4.98 Å². The highest BCUT2D eigenvalue weighted by Crippen LogP contribution is 2.34. The van der Waals surface area contributed by atoms with E-state index < -0.39 is 0 Å². The molecule has 0 atom stereocenters. The average molecular weight is 278 g/mol. The molecule has 0 spiro atoms. The van der Waals surface area contributed by atoms with E-state index in [2.05, 4.69) is 4.98 Å². The summed E-state index contributed by atoms with van der Waals surface area (Å²) in [5.74, 6) is 1.09.